The lowest BCUT2D eigenvalue weighted by molar-refractivity contribution is 0.139. The SMILES string of the molecule is Nc1nc(N2CCCC2)c2ncn(C3C=CC(NO)C3)c2n1. The third kappa shape index (κ3) is 2.11. The lowest BCUT2D eigenvalue weighted by atomic mass is 10.2. The van der Waals surface area contributed by atoms with Crippen molar-refractivity contribution in [1.29, 1.82) is 0 Å². The quantitative estimate of drug-likeness (QED) is 0.570. The van der Waals surface area contributed by atoms with E-state index in [-0.39, 0.29) is 18.0 Å². The summed E-state index contributed by atoms with van der Waals surface area (Å²) >= 11 is 0. The number of nitrogens with two attached hydrogens (primary N) is 1. The molecular weight excluding hydrogens is 282 g/mol. The molecule has 8 heteroatoms. The molecule has 1 fully saturated rings. The number of nitrogens with zero attached hydrogens (tertiary/aromatic N) is 5. The first-order valence-electron chi connectivity index (χ1n) is 7.59. The van der Waals surface area contributed by atoms with Crippen LogP contribution in [0.25, 0.3) is 11.2 Å². The molecule has 0 amide bonds. The maximum Gasteiger partial charge on any atom is 0.224 e. The minimum absolute atomic E-state index is 0.0420. The summed E-state index contributed by atoms with van der Waals surface area (Å²) < 4.78 is 2.00. The smallest absolute Gasteiger partial charge is 0.224 e. The molecule has 2 atom stereocenters. The van der Waals surface area contributed by atoms with E-state index in [1.54, 1.807) is 6.33 Å². The van der Waals surface area contributed by atoms with Crippen LogP contribution in [-0.4, -0.2) is 43.9 Å². The van der Waals surface area contributed by atoms with Gasteiger partial charge < -0.3 is 20.4 Å². The molecular formula is C14H19N7O. The molecule has 116 valence electrons. The maximum absolute atomic E-state index is 9.05. The topological polar surface area (TPSA) is 105 Å². The van der Waals surface area contributed by atoms with Crippen LogP contribution in [0.1, 0.15) is 25.3 Å². The van der Waals surface area contributed by atoms with E-state index in [2.05, 4.69) is 25.3 Å². The number of anilines is 2. The molecule has 22 heavy (non-hydrogen) atoms. The van der Waals surface area contributed by atoms with Crippen molar-refractivity contribution in [2.75, 3.05) is 23.7 Å². The largest absolute Gasteiger partial charge is 0.368 e. The van der Waals surface area contributed by atoms with Crippen LogP contribution in [-0.2, 0) is 0 Å². The zero-order chi connectivity index (χ0) is 15.1. The zero-order valence-electron chi connectivity index (χ0n) is 12.2. The summed E-state index contributed by atoms with van der Waals surface area (Å²) in [5.41, 5.74) is 9.75. The lowest BCUT2D eigenvalue weighted by Gasteiger charge is -2.17. The number of aromatic nitrogens is 4. The molecule has 0 aromatic carbocycles. The summed E-state index contributed by atoms with van der Waals surface area (Å²) in [5, 5.41) is 9.05. The Morgan fingerprint density at radius 3 is 2.77 bits per heavy atom. The Morgan fingerprint density at radius 1 is 1.23 bits per heavy atom. The van der Waals surface area contributed by atoms with Crippen LogP contribution in [0.2, 0.25) is 0 Å². The fraction of sp³-hybridized carbons (Fsp3) is 0.500. The van der Waals surface area contributed by atoms with Gasteiger partial charge in [0.2, 0.25) is 5.95 Å². The van der Waals surface area contributed by atoms with Crippen LogP contribution in [0.5, 0.6) is 0 Å². The fourth-order valence-electron chi connectivity index (χ4n) is 3.29. The summed E-state index contributed by atoms with van der Waals surface area (Å²) in [7, 11) is 0. The molecule has 1 saturated heterocycles. The molecule has 0 spiro atoms. The Kier molecular flexibility index (Phi) is 3.20. The van der Waals surface area contributed by atoms with Gasteiger partial charge in [-0.25, -0.2) is 4.98 Å². The van der Waals surface area contributed by atoms with Gasteiger partial charge >= 0.3 is 0 Å². The van der Waals surface area contributed by atoms with Gasteiger partial charge in [-0.1, -0.05) is 12.2 Å². The normalized spacial score (nSPS) is 24.7. The van der Waals surface area contributed by atoms with E-state index in [4.69, 9.17) is 10.9 Å². The van der Waals surface area contributed by atoms with Crippen molar-refractivity contribution in [3.63, 3.8) is 0 Å². The second kappa shape index (κ2) is 5.22. The first-order chi connectivity index (χ1) is 10.8. The van der Waals surface area contributed by atoms with E-state index in [1.165, 1.54) is 12.8 Å². The molecule has 2 aromatic heterocycles. The monoisotopic (exact) mass is 301 g/mol. The van der Waals surface area contributed by atoms with Gasteiger partial charge in [0.25, 0.3) is 0 Å². The minimum atomic E-state index is -0.0420. The molecule has 0 bridgehead atoms. The third-order valence-corrected chi connectivity index (χ3v) is 4.41. The molecule has 1 aliphatic carbocycles. The van der Waals surface area contributed by atoms with Crippen LogP contribution < -0.4 is 16.1 Å². The highest BCUT2D eigenvalue weighted by molar-refractivity contribution is 5.85. The van der Waals surface area contributed by atoms with Gasteiger partial charge in [-0.15, -0.1) is 0 Å². The van der Waals surface area contributed by atoms with Crippen molar-refractivity contribution in [2.45, 2.75) is 31.3 Å². The summed E-state index contributed by atoms with van der Waals surface area (Å²) in [6, 6.07) is 0.0649. The average molecular weight is 301 g/mol. The van der Waals surface area contributed by atoms with Crippen molar-refractivity contribution in [3.05, 3.63) is 18.5 Å². The Labute approximate surface area is 127 Å². The maximum atomic E-state index is 9.05. The number of hydroxylamine groups is 1. The lowest BCUT2D eigenvalue weighted by Crippen LogP contribution is -2.22. The number of hydrogen-bond acceptors (Lipinski definition) is 7. The van der Waals surface area contributed by atoms with Gasteiger partial charge in [-0.2, -0.15) is 15.4 Å². The van der Waals surface area contributed by atoms with Crippen LogP contribution >= 0.6 is 0 Å². The van der Waals surface area contributed by atoms with Crippen LogP contribution in [0, 0.1) is 0 Å². The van der Waals surface area contributed by atoms with Crippen LogP contribution in [0.4, 0.5) is 11.8 Å². The Hall–Kier alpha value is -2.19. The molecule has 0 saturated carbocycles. The minimum Gasteiger partial charge on any atom is -0.368 e. The van der Waals surface area contributed by atoms with E-state index in [0.29, 0.717) is 0 Å². The number of nitrogens with one attached hydrogen (secondary N) is 1. The number of hydrogen-bond donors (Lipinski definition) is 3. The summed E-state index contributed by atoms with van der Waals surface area (Å²) in [4.78, 5) is 15.5. The van der Waals surface area contributed by atoms with Crippen LogP contribution in [0.15, 0.2) is 18.5 Å². The highest BCUT2D eigenvalue weighted by atomic mass is 16.5. The first-order valence-corrected chi connectivity index (χ1v) is 7.59. The highest BCUT2D eigenvalue weighted by Gasteiger charge is 2.25. The van der Waals surface area contributed by atoms with Crippen molar-refractivity contribution >= 4 is 22.9 Å². The van der Waals surface area contributed by atoms with Gasteiger partial charge in [0.05, 0.1) is 18.4 Å². The molecule has 8 nitrogen and oxygen atoms in total. The first kappa shape index (κ1) is 13.5. The standard InChI is InChI=1S/C14H19N7O/c15-14-17-12(20-5-1-2-6-20)11-13(18-14)21(8-16-11)10-4-3-9(7-10)19-22/h3-4,8-10,19,22H,1-2,5-7H2,(H2,15,17,18). The highest BCUT2D eigenvalue weighted by Crippen LogP contribution is 2.31. The summed E-state index contributed by atoms with van der Waals surface area (Å²) in [6.07, 6.45) is 8.87. The van der Waals surface area contributed by atoms with Crippen LogP contribution in [0.3, 0.4) is 0 Å². The van der Waals surface area contributed by atoms with E-state index >= 15 is 0 Å². The summed E-state index contributed by atoms with van der Waals surface area (Å²) in [5.74, 6) is 1.10. The average Bonchev–Trinajstić information content (AvgIpc) is 3.25. The predicted molar refractivity (Wildman–Crippen MR) is 82.7 cm³/mol. The molecule has 4 N–H and O–H groups in total. The van der Waals surface area contributed by atoms with E-state index in [1.807, 2.05) is 16.7 Å². The second-order valence-corrected chi connectivity index (χ2v) is 5.85. The number of allylic oxidation sites excluding steroid dienone is 1. The van der Waals surface area contributed by atoms with Gasteiger partial charge in [-0.05, 0) is 19.3 Å². The Bertz CT molecular complexity index is 719. The van der Waals surface area contributed by atoms with Gasteiger partial charge in [0.1, 0.15) is 0 Å². The molecule has 3 heterocycles. The van der Waals surface area contributed by atoms with Crippen molar-refractivity contribution < 1.29 is 5.21 Å². The summed E-state index contributed by atoms with van der Waals surface area (Å²) in [6.45, 7) is 1.97. The van der Waals surface area contributed by atoms with Crippen molar-refractivity contribution in [2.24, 2.45) is 0 Å². The second-order valence-electron chi connectivity index (χ2n) is 5.85. The van der Waals surface area contributed by atoms with Gasteiger partial charge in [-0.3, -0.25) is 0 Å². The number of fused-ring (bicyclic) bond motifs is 1. The van der Waals surface area contributed by atoms with E-state index in [9.17, 15) is 0 Å². The van der Waals surface area contributed by atoms with Gasteiger partial charge in [0, 0.05) is 13.1 Å². The number of nitrogen functional groups attached to an aromatic ring is 1. The zero-order valence-corrected chi connectivity index (χ0v) is 12.2. The van der Waals surface area contributed by atoms with E-state index in [0.717, 1.165) is 36.5 Å². The Morgan fingerprint density at radius 2 is 2.05 bits per heavy atom. The molecule has 2 aromatic rings. The molecule has 2 aliphatic rings. The Balaban J connectivity index is 1.77. The fourth-order valence-corrected chi connectivity index (χ4v) is 3.29. The molecule has 1 aliphatic heterocycles. The third-order valence-electron chi connectivity index (χ3n) is 4.41. The van der Waals surface area contributed by atoms with Crippen molar-refractivity contribution in [1.82, 2.24) is 25.0 Å². The van der Waals surface area contributed by atoms with Crippen molar-refractivity contribution in [3.8, 4) is 0 Å². The van der Waals surface area contributed by atoms with E-state index < -0.39 is 0 Å². The van der Waals surface area contributed by atoms with Gasteiger partial charge in [0.15, 0.2) is 17.0 Å². The molecule has 4 rings (SSSR count). The number of imidazole rings is 1. The molecule has 2 unspecified atom stereocenters. The number of rotatable bonds is 3. The molecule has 0 radical (unpaired) electrons. The predicted octanol–water partition coefficient (Wildman–Crippen LogP) is 0.857.